The molecule has 2 heterocycles. The van der Waals surface area contributed by atoms with Gasteiger partial charge in [0.2, 0.25) is 0 Å². The first-order valence-electron chi connectivity index (χ1n) is 7.59. The maximum atomic E-state index is 13.5. The number of hydrogen-bond acceptors (Lipinski definition) is 3. The van der Waals surface area contributed by atoms with Crippen LogP contribution in [0.4, 0.5) is 4.39 Å². The molecule has 0 N–H and O–H groups in total. The molecule has 6 heteroatoms. The van der Waals surface area contributed by atoms with E-state index in [1.54, 1.807) is 21.8 Å². The van der Waals surface area contributed by atoms with Gasteiger partial charge in [-0.25, -0.2) is 4.39 Å². The minimum Gasteiger partial charge on any atom is -0.331 e. The summed E-state index contributed by atoms with van der Waals surface area (Å²) in [4.78, 5) is 14.6. The van der Waals surface area contributed by atoms with Crippen molar-refractivity contribution in [2.24, 2.45) is 7.05 Å². The average Bonchev–Trinajstić information content (AvgIpc) is 3.01. The fourth-order valence-electron chi connectivity index (χ4n) is 3.04. The maximum absolute atomic E-state index is 13.5. The van der Waals surface area contributed by atoms with E-state index in [0.717, 1.165) is 24.8 Å². The van der Waals surface area contributed by atoms with Gasteiger partial charge in [0.15, 0.2) is 0 Å². The highest BCUT2D eigenvalue weighted by Crippen LogP contribution is 2.32. The second-order valence-corrected chi connectivity index (χ2v) is 5.76. The predicted octanol–water partition coefficient (Wildman–Crippen LogP) is 2.80. The Labute approximate surface area is 133 Å². The molecule has 0 aliphatic carbocycles. The van der Waals surface area contributed by atoms with Crippen LogP contribution in [0.3, 0.4) is 0 Å². The fourth-order valence-corrected chi connectivity index (χ4v) is 3.04. The first kappa shape index (κ1) is 15.2. The van der Waals surface area contributed by atoms with Crippen LogP contribution in [0.2, 0.25) is 0 Å². The molecular formula is C17H17FN4O. The molecule has 1 aromatic carbocycles. The number of piperidine rings is 1. The second kappa shape index (κ2) is 6.21. The van der Waals surface area contributed by atoms with E-state index in [2.05, 4.69) is 5.10 Å². The summed E-state index contributed by atoms with van der Waals surface area (Å²) in [6.07, 6.45) is 6.57. The van der Waals surface area contributed by atoms with Crippen molar-refractivity contribution in [3.05, 3.63) is 53.1 Å². The number of aromatic nitrogens is 2. The fraction of sp³-hybridized carbons (Fsp3) is 0.353. The van der Waals surface area contributed by atoms with Crippen molar-refractivity contribution in [1.82, 2.24) is 14.7 Å². The lowest BCUT2D eigenvalue weighted by Gasteiger charge is -2.35. The zero-order valence-corrected chi connectivity index (χ0v) is 12.9. The lowest BCUT2D eigenvalue weighted by atomic mass is 9.96. The number of nitriles is 1. The highest BCUT2D eigenvalue weighted by atomic mass is 19.1. The number of aryl methyl sites for hydroxylation is 1. The van der Waals surface area contributed by atoms with Gasteiger partial charge in [0.25, 0.3) is 5.91 Å². The molecule has 0 spiro atoms. The van der Waals surface area contributed by atoms with Gasteiger partial charge in [-0.2, -0.15) is 10.4 Å². The highest BCUT2D eigenvalue weighted by Gasteiger charge is 2.29. The smallest absolute Gasteiger partial charge is 0.254 e. The Bertz CT molecular complexity index is 777. The highest BCUT2D eigenvalue weighted by molar-refractivity contribution is 5.95. The van der Waals surface area contributed by atoms with Crippen LogP contribution in [0.1, 0.15) is 46.8 Å². The normalized spacial score (nSPS) is 17.8. The summed E-state index contributed by atoms with van der Waals surface area (Å²) in [5.74, 6) is -0.776. The molecule has 0 bridgehead atoms. The summed E-state index contributed by atoms with van der Waals surface area (Å²) >= 11 is 0. The van der Waals surface area contributed by atoms with Crippen LogP contribution in [0.25, 0.3) is 0 Å². The monoisotopic (exact) mass is 312 g/mol. The molecule has 118 valence electrons. The molecule has 1 aliphatic heterocycles. The van der Waals surface area contributed by atoms with Crippen molar-refractivity contribution in [1.29, 1.82) is 5.26 Å². The van der Waals surface area contributed by atoms with Crippen LogP contribution in [0.15, 0.2) is 30.6 Å². The Hall–Kier alpha value is -2.68. The topological polar surface area (TPSA) is 61.9 Å². The maximum Gasteiger partial charge on any atom is 0.254 e. The first-order chi connectivity index (χ1) is 11.1. The number of amides is 1. The summed E-state index contributed by atoms with van der Waals surface area (Å²) in [7, 11) is 1.84. The molecule has 1 atom stereocenters. The van der Waals surface area contributed by atoms with Crippen LogP contribution in [0, 0.1) is 17.1 Å². The van der Waals surface area contributed by atoms with Crippen LogP contribution >= 0.6 is 0 Å². The lowest BCUT2D eigenvalue weighted by Crippen LogP contribution is -2.38. The van der Waals surface area contributed by atoms with Gasteiger partial charge < -0.3 is 4.90 Å². The summed E-state index contributed by atoms with van der Waals surface area (Å²) in [5, 5.41) is 13.1. The molecule has 1 unspecified atom stereocenters. The molecule has 1 amide bonds. The molecule has 1 fully saturated rings. The van der Waals surface area contributed by atoms with Gasteiger partial charge in [-0.15, -0.1) is 0 Å². The van der Waals surface area contributed by atoms with E-state index in [9.17, 15) is 9.18 Å². The molecule has 23 heavy (non-hydrogen) atoms. The van der Waals surface area contributed by atoms with Gasteiger partial charge in [-0.05, 0) is 37.5 Å². The zero-order valence-electron chi connectivity index (χ0n) is 12.9. The largest absolute Gasteiger partial charge is 0.331 e. The SMILES string of the molecule is Cn1cc(C2CCCCN2C(=O)c2ccc(F)c(C#N)c2)cn1. The van der Waals surface area contributed by atoms with Crippen molar-refractivity contribution in [2.75, 3.05) is 6.54 Å². The van der Waals surface area contributed by atoms with Gasteiger partial charge in [-0.3, -0.25) is 9.48 Å². The Kier molecular flexibility index (Phi) is 4.11. The van der Waals surface area contributed by atoms with Gasteiger partial charge in [0.1, 0.15) is 11.9 Å². The minimum atomic E-state index is -0.605. The van der Waals surface area contributed by atoms with E-state index >= 15 is 0 Å². The first-order valence-corrected chi connectivity index (χ1v) is 7.59. The molecular weight excluding hydrogens is 295 g/mol. The Morgan fingerprint density at radius 3 is 2.96 bits per heavy atom. The molecule has 5 nitrogen and oxygen atoms in total. The van der Waals surface area contributed by atoms with Crippen molar-refractivity contribution in [3.8, 4) is 6.07 Å². The molecule has 1 aromatic heterocycles. The number of rotatable bonds is 2. The second-order valence-electron chi connectivity index (χ2n) is 5.76. The van der Waals surface area contributed by atoms with Gasteiger partial charge in [0.05, 0.1) is 17.8 Å². The van der Waals surface area contributed by atoms with Crippen LogP contribution < -0.4 is 0 Å². The predicted molar refractivity (Wildman–Crippen MR) is 82.0 cm³/mol. The van der Waals surface area contributed by atoms with Gasteiger partial charge >= 0.3 is 0 Å². The van der Waals surface area contributed by atoms with E-state index in [-0.39, 0.29) is 17.5 Å². The Morgan fingerprint density at radius 1 is 1.43 bits per heavy atom. The third kappa shape index (κ3) is 2.95. The van der Waals surface area contributed by atoms with Gasteiger partial charge in [0, 0.05) is 30.9 Å². The number of carbonyl (C=O) groups excluding carboxylic acids is 1. The van der Waals surface area contributed by atoms with Crippen LogP contribution in [-0.4, -0.2) is 27.1 Å². The quantitative estimate of drug-likeness (QED) is 0.856. The summed E-state index contributed by atoms with van der Waals surface area (Å²) in [5.41, 5.74) is 1.24. The van der Waals surface area contributed by atoms with E-state index in [1.807, 2.05) is 13.2 Å². The van der Waals surface area contributed by atoms with Gasteiger partial charge in [-0.1, -0.05) is 0 Å². The summed E-state index contributed by atoms with van der Waals surface area (Å²) in [6, 6.07) is 5.69. The van der Waals surface area contributed by atoms with E-state index < -0.39 is 5.82 Å². The molecule has 0 radical (unpaired) electrons. The number of benzene rings is 1. The zero-order chi connectivity index (χ0) is 16.4. The molecule has 1 aliphatic rings. The summed E-state index contributed by atoms with van der Waals surface area (Å²) < 4.78 is 15.2. The third-order valence-electron chi connectivity index (χ3n) is 4.21. The third-order valence-corrected chi connectivity index (χ3v) is 4.21. The minimum absolute atomic E-state index is 0.0273. The Morgan fingerprint density at radius 2 is 2.26 bits per heavy atom. The summed E-state index contributed by atoms with van der Waals surface area (Å²) in [6.45, 7) is 0.650. The molecule has 0 saturated carbocycles. The van der Waals surface area contributed by atoms with Crippen LogP contribution in [0.5, 0.6) is 0 Å². The lowest BCUT2D eigenvalue weighted by molar-refractivity contribution is 0.0611. The van der Waals surface area contributed by atoms with Crippen LogP contribution in [-0.2, 0) is 7.05 Å². The molecule has 3 rings (SSSR count). The number of likely N-dealkylation sites (tertiary alicyclic amines) is 1. The average molecular weight is 312 g/mol. The number of nitrogens with zero attached hydrogens (tertiary/aromatic N) is 4. The molecule has 1 saturated heterocycles. The number of hydrogen-bond donors (Lipinski definition) is 0. The van der Waals surface area contributed by atoms with Crippen molar-refractivity contribution in [2.45, 2.75) is 25.3 Å². The van der Waals surface area contributed by atoms with Crippen molar-refractivity contribution < 1.29 is 9.18 Å². The number of carbonyl (C=O) groups is 1. The standard InChI is InChI=1S/C17H17FN4O/c1-21-11-14(10-20-21)16-4-2-3-7-22(16)17(23)12-5-6-15(18)13(8-12)9-19/h5-6,8,10-11,16H,2-4,7H2,1H3. The molecule has 2 aromatic rings. The van der Waals surface area contributed by atoms with E-state index in [0.29, 0.717) is 12.1 Å². The van der Waals surface area contributed by atoms with Crippen molar-refractivity contribution >= 4 is 5.91 Å². The van der Waals surface area contributed by atoms with Crippen molar-refractivity contribution in [3.63, 3.8) is 0 Å². The number of halogens is 1. The van der Waals surface area contributed by atoms with E-state index in [1.165, 1.54) is 18.2 Å². The van der Waals surface area contributed by atoms with E-state index in [4.69, 9.17) is 5.26 Å². The Balaban J connectivity index is 1.91.